The smallest absolute Gasteiger partial charge is 0.352 e. The van der Waals surface area contributed by atoms with Crippen LogP contribution in [0.25, 0.3) is 10.9 Å². The van der Waals surface area contributed by atoms with Crippen molar-refractivity contribution >= 4 is 32.8 Å². The Hall–Kier alpha value is -1.36. The van der Waals surface area contributed by atoms with Gasteiger partial charge in [-0.3, -0.25) is 4.98 Å². The molecule has 15 heavy (non-hydrogen) atoms. The molecule has 0 aromatic carbocycles. The molecule has 2 rings (SSSR count). The average molecular weight is 269 g/mol. The Kier molecular flexibility index (Phi) is 2.48. The van der Waals surface area contributed by atoms with Crippen LogP contribution in [0, 0.1) is 0 Å². The van der Waals surface area contributed by atoms with E-state index in [1.165, 1.54) is 0 Å². The third kappa shape index (κ3) is 1.52. The first-order chi connectivity index (χ1) is 7.15. The van der Waals surface area contributed by atoms with Gasteiger partial charge in [0.15, 0.2) is 0 Å². The highest BCUT2D eigenvalue weighted by Gasteiger charge is 2.14. The number of halogens is 1. The molecule has 0 fully saturated rings. The third-order valence-electron chi connectivity index (χ3n) is 2.32. The molecule has 0 aliphatic heterocycles. The number of aryl methyl sites for hydroxylation is 1. The minimum atomic E-state index is -0.917. The van der Waals surface area contributed by atoms with E-state index in [1.54, 1.807) is 23.0 Å². The van der Waals surface area contributed by atoms with Crippen LogP contribution in [-0.2, 0) is 6.54 Å². The lowest BCUT2D eigenvalue weighted by Crippen LogP contribution is -2.06. The van der Waals surface area contributed by atoms with Gasteiger partial charge >= 0.3 is 5.97 Å². The van der Waals surface area contributed by atoms with Gasteiger partial charge < -0.3 is 9.67 Å². The minimum Gasteiger partial charge on any atom is -0.477 e. The van der Waals surface area contributed by atoms with E-state index in [4.69, 9.17) is 5.11 Å². The van der Waals surface area contributed by atoms with Crippen molar-refractivity contribution in [2.24, 2.45) is 0 Å². The van der Waals surface area contributed by atoms with Crippen LogP contribution in [0.1, 0.15) is 17.4 Å². The predicted molar refractivity (Wildman–Crippen MR) is 60.1 cm³/mol. The van der Waals surface area contributed by atoms with Gasteiger partial charge in [0, 0.05) is 22.6 Å². The molecule has 0 saturated heterocycles. The summed E-state index contributed by atoms with van der Waals surface area (Å²) in [7, 11) is 0. The van der Waals surface area contributed by atoms with Crippen LogP contribution in [0.2, 0.25) is 0 Å². The van der Waals surface area contributed by atoms with Gasteiger partial charge in [-0.1, -0.05) is 0 Å². The summed E-state index contributed by atoms with van der Waals surface area (Å²) in [5, 5.41) is 9.91. The number of hydrogen-bond donors (Lipinski definition) is 1. The van der Waals surface area contributed by atoms with Gasteiger partial charge in [0.2, 0.25) is 0 Å². The van der Waals surface area contributed by atoms with E-state index in [1.807, 2.05) is 6.92 Å². The van der Waals surface area contributed by atoms with Gasteiger partial charge in [-0.05, 0) is 28.9 Å². The summed E-state index contributed by atoms with van der Waals surface area (Å²) in [6.45, 7) is 2.52. The molecule has 0 amide bonds. The summed E-state index contributed by atoms with van der Waals surface area (Å²) < 4.78 is 2.55. The minimum absolute atomic E-state index is 0.293. The Labute approximate surface area is 94.7 Å². The summed E-state index contributed by atoms with van der Waals surface area (Å²) in [4.78, 5) is 15.0. The summed E-state index contributed by atoms with van der Waals surface area (Å²) >= 11 is 3.35. The van der Waals surface area contributed by atoms with E-state index >= 15 is 0 Å². The van der Waals surface area contributed by atoms with Crippen molar-refractivity contribution in [3.05, 3.63) is 28.6 Å². The van der Waals surface area contributed by atoms with Crippen molar-refractivity contribution in [1.82, 2.24) is 9.55 Å². The Morgan fingerprint density at radius 2 is 2.33 bits per heavy atom. The van der Waals surface area contributed by atoms with Crippen molar-refractivity contribution < 1.29 is 9.90 Å². The number of carboxylic acid groups (broad SMARTS) is 1. The fraction of sp³-hybridized carbons (Fsp3) is 0.200. The highest BCUT2D eigenvalue weighted by Crippen LogP contribution is 2.26. The van der Waals surface area contributed by atoms with Crippen LogP contribution >= 0.6 is 15.9 Å². The first-order valence-corrected chi connectivity index (χ1v) is 5.30. The predicted octanol–water partition coefficient (Wildman–Crippen LogP) is 2.52. The molecule has 4 nitrogen and oxygen atoms in total. The lowest BCUT2D eigenvalue weighted by Gasteiger charge is -2.03. The molecule has 0 unspecified atom stereocenters. The molecule has 78 valence electrons. The van der Waals surface area contributed by atoms with Crippen molar-refractivity contribution in [1.29, 1.82) is 0 Å². The van der Waals surface area contributed by atoms with Crippen molar-refractivity contribution in [3.8, 4) is 0 Å². The van der Waals surface area contributed by atoms with E-state index < -0.39 is 5.97 Å². The number of hydrogen-bond acceptors (Lipinski definition) is 2. The Morgan fingerprint density at radius 3 is 2.93 bits per heavy atom. The second-order valence-corrected chi connectivity index (χ2v) is 3.99. The number of nitrogens with zero attached hydrogens (tertiary/aromatic N) is 2. The summed E-state index contributed by atoms with van der Waals surface area (Å²) in [5.74, 6) is -0.917. The van der Waals surface area contributed by atoms with Gasteiger partial charge in [-0.15, -0.1) is 0 Å². The van der Waals surface area contributed by atoms with E-state index in [-0.39, 0.29) is 0 Å². The van der Waals surface area contributed by atoms with Gasteiger partial charge in [0.05, 0.1) is 11.7 Å². The molecule has 0 atom stereocenters. The molecule has 0 saturated carbocycles. The number of rotatable bonds is 2. The summed E-state index contributed by atoms with van der Waals surface area (Å²) in [6, 6.07) is 1.66. The van der Waals surface area contributed by atoms with Crippen molar-refractivity contribution in [3.63, 3.8) is 0 Å². The lowest BCUT2D eigenvalue weighted by molar-refractivity contribution is 0.0686. The number of aromatic nitrogens is 2. The maximum Gasteiger partial charge on any atom is 0.352 e. The highest BCUT2D eigenvalue weighted by atomic mass is 79.9. The lowest BCUT2D eigenvalue weighted by atomic mass is 10.3. The molecule has 0 aliphatic rings. The van der Waals surface area contributed by atoms with E-state index in [2.05, 4.69) is 20.9 Å². The van der Waals surface area contributed by atoms with Crippen LogP contribution in [0.4, 0.5) is 0 Å². The molecule has 0 spiro atoms. The number of carbonyl (C=O) groups is 1. The van der Waals surface area contributed by atoms with Gasteiger partial charge in [-0.2, -0.15) is 0 Å². The fourth-order valence-electron chi connectivity index (χ4n) is 1.65. The normalized spacial score (nSPS) is 10.8. The van der Waals surface area contributed by atoms with Gasteiger partial charge in [0.25, 0.3) is 0 Å². The SMILES string of the molecule is CCn1c(C(=O)O)cc2c(Br)cncc21. The fourth-order valence-corrected chi connectivity index (χ4v) is 2.09. The Balaban J connectivity index is 2.84. The van der Waals surface area contributed by atoms with E-state index in [0.717, 1.165) is 15.4 Å². The monoisotopic (exact) mass is 268 g/mol. The van der Waals surface area contributed by atoms with Crippen molar-refractivity contribution in [2.75, 3.05) is 0 Å². The second kappa shape index (κ2) is 3.66. The van der Waals surface area contributed by atoms with Crippen LogP contribution in [0.3, 0.4) is 0 Å². The van der Waals surface area contributed by atoms with Gasteiger partial charge in [0.1, 0.15) is 5.69 Å². The van der Waals surface area contributed by atoms with Crippen molar-refractivity contribution in [2.45, 2.75) is 13.5 Å². The van der Waals surface area contributed by atoms with E-state index in [9.17, 15) is 4.79 Å². The number of aromatic carboxylic acids is 1. The zero-order valence-electron chi connectivity index (χ0n) is 8.07. The maximum atomic E-state index is 11.0. The molecule has 0 radical (unpaired) electrons. The maximum absolute atomic E-state index is 11.0. The van der Waals surface area contributed by atoms with Crippen LogP contribution in [-0.4, -0.2) is 20.6 Å². The average Bonchev–Trinajstić information content (AvgIpc) is 2.57. The molecule has 0 aliphatic carbocycles. The molecular weight excluding hydrogens is 260 g/mol. The Bertz CT molecular complexity index is 533. The van der Waals surface area contributed by atoms with Gasteiger partial charge in [-0.25, -0.2) is 4.79 Å². The van der Waals surface area contributed by atoms with Crippen LogP contribution in [0.5, 0.6) is 0 Å². The first-order valence-electron chi connectivity index (χ1n) is 4.51. The molecule has 2 aromatic rings. The summed E-state index contributed by atoms with van der Waals surface area (Å²) in [6.07, 6.45) is 3.34. The molecule has 2 aromatic heterocycles. The highest BCUT2D eigenvalue weighted by molar-refractivity contribution is 9.10. The topological polar surface area (TPSA) is 55.1 Å². The molecule has 2 heterocycles. The zero-order valence-corrected chi connectivity index (χ0v) is 9.65. The zero-order chi connectivity index (χ0) is 11.0. The molecule has 0 bridgehead atoms. The molecular formula is C10H9BrN2O2. The van der Waals surface area contributed by atoms with E-state index in [0.29, 0.717) is 12.2 Å². The molecule has 1 N–H and O–H groups in total. The second-order valence-electron chi connectivity index (χ2n) is 3.13. The van der Waals surface area contributed by atoms with Crippen LogP contribution in [0.15, 0.2) is 22.9 Å². The quantitative estimate of drug-likeness (QED) is 0.911. The standard InChI is InChI=1S/C10H9BrN2O2/c1-2-13-8(10(14)15)3-6-7(11)4-12-5-9(6)13/h3-5H,2H2,1H3,(H,14,15). The number of carboxylic acids is 1. The van der Waals surface area contributed by atoms with Crippen LogP contribution < -0.4 is 0 Å². The number of fused-ring (bicyclic) bond motifs is 1. The summed E-state index contributed by atoms with van der Waals surface area (Å²) in [5.41, 5.74) is 1.13. The molecule has 5 heteroatoms. The Morgan fingerprint density at radius 1 is 1.60 bits per heavy atom. The third-order valence-corrected chi connectivity index (χ3v) is 2.95. The largest absolute Gasteiger partial charge is 0.477 e. The first kappa shape index (κ1) is 10.2. The number of pyridine rings is 1.